The molecule has 0 spiro atoms. The SMILES string of the molecule is OC1Cc2ccccc2NC1=S. The Morgan fingerprint density at radius 1 is 1.42 bits per heavy atom. The van der Waals surface area contributed by atoms with Crippen molar-refractivity contribution in [3.05, 3.63) is 29.8 Å². The predicted molar refractivity (Wildman–Crippen MR) is 52.4 cm³/mol. The predicted octanol–water partition coefficient (Wildman–Crippen LogP) is 1.34. The Bertz CT molecular complexity index is 324. The third-order valence-electron chi connectivity index (χ3n) is 1.99. The fraction of sp³-hybridized carbons (Fsp3) is 0.222. The first kappa shape index (κ1) is 7.71. The largest absolute Gasteiger partial charge is 0.386 e. The van der Waals surface area contributed by atoms with Crippen molar-refractivity contribution >= 4 is 22.9 Å². The lowest BCUT2D eigenvalue weighted by Crippen LogP contribution is -2.32. The van der Waals surface area contributed by atoms with Crippen LogP contribution in [-0.2, 0) is 6.42 Å². The standard InChI is InChI=1S/C9H9NOS/c11-8-5-6-3-1-2-4-7(6)10-9(8)12/h1-4,8,11H,5H2,(H,10,12). The quantitative estimate of drug-likeness (QED) is 0.589. The molecular weight excluding hydrogens is 170 g/mol. The molecule has 1 aliphatic rings. The van der Waals surface area contributed by atoms with Gasteiger partial charge >= 0.3 is 0 Å². The van der Waals surface area contributed by atoms with Gasteiger partial charge in [-0.15, -0.1) is 0 Å². The normalized spacial score (nSPS) is 21.4. The van der Waals surface area contributed by atoms with Gasteiger partial charge in [-0.1, -0.05) is 30.4 Å². The number of benzene rings is 1. The minimum atomic E-state index is -0.519. The van der Waals surface area contributed by atoms with Gasteiger partial charge in [-0.2, -0.15) is 0 Å². The molecule has 0 fully saturated rings. The molecule has 1 aromatic rings. The number of anilines is 1. The third-order valence-corrected chi connectivity index (χ3v) is 2.37. The molecule has 0 aliphatic carbocycles. The summed E-state index contributed by atoms with van der Waals surface area (Å²) in [7, 11) is 0. The van der Waals surface area contributed by atoms with Crippen LogP contribution in [0.1, 0.15) is 5.56 Å². The molecule has 3 heteroatoms. The molecule has 1 unspecified atom stereocenters. The molecule has 2 N–H and O–H groups in total. The first-order chi connectivity index (χ1) is 5.77. The summed E-state index contributed by atoms with van der Waals surface area (Å²) in [6.45, 7) is 0. The van der Waals surface area contributed by atoms with Gasteiger partial charge in [0.25, 0.3) is 0 Å². The van der Waals surface area contributed by atoms with Gasteiger partial charge in [-0.3, -0.25) is 0 Å². The number of hydrogen-bond donors (Lipinski definition) is 2. The number of fused-ring (bicyclic) bond motifs is 1. The summed E-state index contributed by atoms with van der Waals surface area (Å²) < 4.78 is 0. The molecule has 1 aliphatic heterocycles. The van der Waals surface area contributed by atoms with Crippen molar-refractivity contribution in [3.63, 3.8) is 0 Å². The van der Waals surface area contributed by atoms with Gasteiger partial charge in [0.2, 0.25) is 0 Å². The Morgan fingerprint density at radius 2 is 2.17 bits per heavy atom. The van der Waals surface area contributed by atoms with Gasteiger partial charge in [0.05, 0.1) is 0 Å². The first-order valence-corrected chi connectivity index (χ1v) is 4.25. The second-order valence-corrected chi connectivity index (χ2v) is 3.31. The van der Waals surface area contributed by atoms with Crippen LogP contribution in [0.25, 0.3) is 0 Å². The molecule has 1 heterocycles. The summed E-state index contributed by atoms with van der Waals surface area (Å²) in [5.41, 5.74) is 2.14. The average molecular weight is 179 g/mol. The van der Waals surface area contributed by atoms with Gasteiger partial charge in [0.1, 0.15) is 11.1 Å². The van der Waals surface area contributed by atoms with Crippen molar-refractivity contribution in [2.75, 3.05) is 5.32 Å². The Hall–Kier alpha value is -0.930. The maximum absolute atomic E-state index is 9.42. The minimum Gasteiger partial charge on any atom is -0.386 e. The fourth-order valence-electron chi connectivity index (χ4n) is 1.34. The van der Waals surface area contributed by atoms with Crippen LogP contribution in [-0.4, -0.2) is 16.2 Å². The lowest BCUT2D eigenvalue weighted by atomic mass is 10.0. The summed E-state index contributed by atoms with van der Waals surface area (Å²) in [5.74, 6) is 0. The molecule has 0 saturated carbocycles. The molecule has 62 valence electrons. The highest BCUT2D eigenvalue weighted by molar-refractivity contribution is 7.80. The minimum absolute atomic E-state index is 0.519. The van der Waals surface area contributed by atoms with E-state index in [1.165, 1.54) is 0 Å². The van der Waals surface area contributed by atoms with Crippen LogP contribution in [0, 0.1) is 0 Å². The number of thiocarbonyl (C=S) groups is 1. The Kier molecular flexibility index (Phi) is 1.83. The van der Waals surface area contributed by atoms with Crippen molar-refractivity contribution in [1.29, 1.82) is 0 Å². The molecule has 0 bridgehead atoms. The molecule has 1 atom stereocenters. The highest BCUT2D eigenvalue weighted by atomic mass is 32.1. The van der Waals surface area contributed by atoms with Gasteiger partial charge in [0, 0.05) is 12.1 Å². The molecule has 1 aromatic carbocycles. The van der Waals surface area contributed by atoms with Crippen molar-refractivity contribution in [2.45, 2.75) is 12.5 Å². The fourth-order valence-corrected chi connectivity index (χ4v) is 1.53. The average Bonchev–Trinajstić information content (AvgIpc) is 2.07. The van der Waals surface area contributed by atoms with Gasteiger partial charge in [-0.25, -0.2) is 0 Å². The van der Waals surface area contributed by atoms with Crippen molar-refractivity contribution in [2.24, 2.45) is 0 Å². The molecule has 0 radical (unpaired) electrons. The lowest BCUT2D eigenvalue weighted by molar-refractivity contribution is 0.243. The van der Waals surface area contributed by atoms with E-state index in [0.29, 0.717) is 11.4 Å². The number of aliphatic hydroxyl groups is 1. The zero-order valence-electron chi connectivity index (χ0n) is 6.45. The van der Waals surface area contributed by atoms with E-state index in [1.807, 2.05) is 24.3 Å². The van der Waals surface area contributed by atoms with E-state index < -0.39 is 6.10 Å². The Labute approximate surface area is 76.2 Å². The Balaban J connectivity index is 2.40. The summed E-state index contributed by atoms with van der Waals surface area (Å²) in [6.07, 6.45) is 0.108. The van der Waals surface area contributed by atoms with E-state index in [-0.39, 0.29) is 0 Å². The van der Waals surface area contributed by atoms with Crippen LogP contribution in [0.4, 0.5) is 5.69 Å². The molecule has 0 saturated heterocycles. The molecular formula is C9H9NOS. The second-order valence-electron chi connectivity index (χ2n) is 2.87. The van der Waals surface area contributed by atoms with Crippen LogP contribution in [0.15, 0.2) is 24.3 Å². The third kappa shape index (κ3) is 1.21. The van der Waals surface area contributed by atoms with Crippen molar-refractivity contribution in [3.8, 4) is 0 Å². The molecule has 2 rings (SSSR count). The zero-order valence-corrected chi connectivity index (χ0v) is 7.27. The van der Waals surface area contributed by atoms with E-state index in [2.05, 4.69) is 5.32 Å². The number of para-hydroxylation sites is 1. The summed E-state index contributed by atoms with van der Waals surface area (Å²) in [4.78, 5) is 0.522. The van der Waals surface area contributed by atoms with Crippen molar-refractivity contribution in [1.82, 2.24) is 0 Å². The molecule has 0 aromatic heterocycles. The highest BCUT2D eigenvalue weighted by Gasteiger charge is 2.19. The van der Waals surface area contributed by atoms with E-state index >= 15 is 0 Å². The number of nitrogens with one attached hydrogen (secondary N) is 1. The van der Waals surface area contributed by atoms with E-state index in [1.54, 1.807) is 0 Å². The van der Waals surface area contributed by atoms with Crippen LogP contribution < -0.4 is 5.32 Å². The molecule has 2 nitrogen and oxygen atoms in total. The van der Waals surface area contributed by atoms with E-state index in [9.17, 15) is 5.11 Å². The number of hydrogen-bond acceptors (Lipinski definition) is 2. The highest BCUT2D eigenvalue weighted by Crippen LogP contribution is 2.22. The van der Waals surface area contributed by atoms with Crippen LogP contribution in [0.5, 0.6) is 0 Å². The zero-order chi connectivity index (χ0) is 8.55. The van der Waals surface area contributed by atoms with Crippen LogP contribution in [0.3, 0.4) is 0 Å². The van der Waals surface area contributed by atoms with E-state index in [0.717, 1.165) is 11.3 Å². The van der Waals surface area contributed by atoms with Gasteiger partial charge < -0.3 is 10.4 Å². The Morgan fingerprint density at radius 3 is 3.00 bits per heavy atom. The maximum Gasteiger partial charge on any atom is 0.109 e. The topological polar surface area (TPSA) is 32.3 Å². The van der Waals surface area contributed by atoms with Crippen LogP contribution >= 0.6 is 12.2 Å². The monoisotopic (exact) mass is 179 g/mol. The second kappa shape index (κ2) is 2.84. The molecule has 12 heavy (non-hydrogen) atoms. The summed E-state index contributed by atoms with van der Waals surface area (Å²) >= 11 is 4.94. The van der Waals surface area contributed by atoms with Gasteiger partial charge in [0.15, 0.2) is 0 Å². The number of aliphatic hydroxyl groups excluding tert-OH is 1. The van der Waals surface area contributed by atoms with Crippen molar-refractivity contribution < 1.29 is 5.11 Å². The number of rotatable bonds is 0. The first-order valence-electron chi connectivity index (χ1n) is 3.84. The summed E-state index contributed by atoms with van der Waals surface area (Å²) in [6, 6.07) is 7.87. The smallest absolute Gasteiger partial charge is 0.109 e. The molecule has 0 amide bonds. The summed E-state index contributed by atoms with van der Waals surface area (Å²) in [5, 5.41) is 12.4. The van der Waals surface area contributed by atoms with Gasteiger partial charge in [-0.05, 0) is 11.6 Å². The van der Waals surface area contributed by atoms with Crippen LogP contribution in [0.2, 0.25) is 0 Å². The lowest BCUT2D eigenvalue weighted by Gasteiger charge is -2.22. The maximum atomic E-state index is 9.42. The van der Waals surface area contributed by atoms with E-state index in [4.69, 9.17) is 12.2 Å².